The van der Waals surface area contributed by atoms with Crippen molar-refractivity contribution in [1.82, 2.24) is 19.9 Å². The van der Waals surface area contributed by atoms with E-state index in [1.165, 1.54) is 0 Å². The van der Waals surface area contributed by atoms with E-state index in [0.717, 1.165) is 55.7 Å². The predicted molar refractivity (Wildman–Crippen MR) is 103 cm³/mol. The van der Waals surface area contributed by atoms with E-state index < -0.39 is 0 Å². The molecule has 2 saturated heterocycles. The fourth-order valence-electron chi connectivity index (χ4n) is 4.16. The molecule has 0 bridgehead atoms. The first kappa shape index (κ1) is 17.5. The van der Waals surface area contributed by atoms with E-state index in [-0.39, 0.29) is 11.5 Å². The summed E-state index contributed by atoms with van der Waals surface area (Å²) in [6.07, 6.45) is 11.6. The van der Waals surface area contributed by atoms with Crippen LogP contribution >= 0.6 is 11.8 Å². The van der Waals surface area contributed by atoms with Gasteiger partial charge in [0, 0.05) is 44.8 Å². The highest BCUT2D eigenvalue weighted by Crippen LogP contribution is 2.41. The topological polar surface area (TPSA) is 78.3 Å². The van der Waals surface area contributed by atoms with Crippen LogP contribution in [0.5, 0.6) is 0 Å². The fourth-order valence-corrected chi connectivity index (χ4v) is 4.51. The van der Waals surface area contributed by atoms with Crippen molar-refractivity contribution in [3.8, 4) is 0 Å². The molecule has 2 aromatic rings. The molecule has 0 saturated carbocycles. The molecule has 26 heavy (non-hydrogen) atoms. The van der Waals surface area contributed by atoms with Crippen LogP contribution in [0.4, 0.5) is 11.6 Å². The van der Waals surface area contributed by atoms with E-state index in [4.69, 9.17) is 0 Å². The van der Waals surface area contributed by atoms with Gasteiger partial charge in [0.2, 0.25) is 0 Å². The second kappa shape index (κ2) is 7.36. The van der Waals surface area contributed by atoms with Gasteiger partial charge in [0.25, 0.3) is 0 Å². The van der Waals surface area contributed by atoms with Crippen molar-refractivity contribution in [2.45, 2.75) is 30.5 Å². The Hall–Kier alpha value is -1.93. The van der Waals surface area contributed by atoms with E-state index in [9.17, 15) is 5.11 Å². The standard InChI is InChI=1S/C18H24N6OS/c1-26-17-21-5-2-15(22-17)23-8-3-18(4-9-23)10-14(25)12-24(13-18)16-11-19-6-7-20-16/h2,5-7,11,14,25H,3-4,8-10,12-13H2,1H3. The summed E-state index contributed by atoms with van der Waals surface area (Å²) in [5.74, 6) is 1.86. The molecule has 8 heteroatoms. The van der Waals surface area contributed by atoms with Gasteiger partial charge in [-0.3, -0.25) is 4.98 Å². The van der Waals surface area contributed by atoms with Crippen LogP contribution in [0.15, 0.2) is 36.0 Å². The van der Waals surface area contributed by atoms with Crippen LogP contribution in [-0.2, 0) is 0 Å². The Kier molecular flexibility index (Phi) is 4.95. The largest absolute Gasteiger partial charge is 0.391 e. The molecule has 1 unspecified atom stereocenters. The number of anilines is 2. The Balaban J connectivity index is 1.46. The van der Waals surface area contributed by atoms with Crippen LogP contribution in [0.3, 0.4) is 0 Å². The second-order valence-electron chi connectivity index (χ2n) is 7.19. The third kappa shape index (κ3) is 3.61. The van der Waals surface area contributed by atoms with Gasteiger partial charge in [0.15, 0.2) is 5.16 Å². The Labute approximate surface area is 157 Å². The minimum atomic E-state index is -0.320. The molecule has 2 fully saturated rings. The average molecular weight is 372 g/mol. The quantitative estimate of drug-likeness (QED) is 0.646. The minimum Gasteiger partial charge on any atom is -0.391 e. The summed E-state index contributed by atoms with van der Waals surface area (Å²) >= 11 is 1.57. The summed E-state index contributed by atoms with van der Waals surface area (Å²) in [6, 6.07) is 1.99. The van der Waals surface area contributed by atoms with Crippen LogP contribution < -0.4 is 9.80 Å². The highest BCUT2D eigenvalue weighted by Gasteiger charge is 2.42. The number of thioether (sulfide) groups is 1. The number of aliphatic hydroxyl groups excluding tert-OH is 1. The zero-order valence-corrected chi connectivity index (χ0v) is 15.8. The van der Waals surface area contributed by atoms with Crippen LogP contribution in [0.2, 0.25) is 0 Å². The summed E-state index contributed by atoms with van der Waals surface area (Å²) in [6.45, 7) is 3.46. The van der Waals surface area contributed by atoms with Crippen LogP contribution in [0.1, 0.15) is 19.3 Å². The number of piperidine rings is 2. The maximum Gasteiger partial charge on any atom is 0.189 e. The molecule has 2 aliphatic rings. The highest BCUT2D eigenvalue weighted by molar-refractivity contribution is 7.98. The van der Waals surface area contributed by atoms with Crippen molar-refractivity contribution < 1.29 is 5.11 Å². The lowest BCUT2D eigenvalue weighted by atomic mass is 9.71. The summed E-state index contributed by atoms with van der Waals surface area (Å²) in [4.78, 5) is 22.0. The van der Waals surface area contributed by atoms with Crippen LogP contribution in [-0.4, -0.2) is 63.6 Å². The SMILES string of the molecule is CSc1nccc(N2CCC3(CC2)CC(O)CN(c2cnccn2)C3)n1. The van der Waals surface area contributed by atoms with Crippen LogP contribution in [0, 0.1) is 5.41 Å². The molecule has 0 radical (unpaired) electrons. The molecular weight excluding hydrogens is 348 g/mol. The van der Waals surface area contributed by atoms with E-state index in [2.05, 4.69) is 29.7 Å². The molecule has 4 heterocycles. The summed E-state index contributed by atoms with van der Waals surface area (Å²) in [5.41, 5.74) is 0.126. The zero-order valence-electron chi connectivity index (χ0n) is 15.0. The molecule has 1 N–H and O–H groups in total. The van der Waals surface area contributed by atoms with Crippen molar-refractivity contribution >= 4 is 23.4 Å². The molecule has 7 nitrogen and oxygen atoms in total. The van der Waals surface area contributed by atoms with Crippen molar-refractivity contribution in [2.75, 3.05) is 42.2 Å². The maximum absolute atomic E-state index is 10.5. The molecule has 0 aliphatic carbocycles. The molecule has 2 aromatic heterocycles. The van der Waals surface area contributed by atoms with Crippen molar-refractivity contribution in [1.29, 1.82) is 0 Å². The average Bonchev–Trinajstić information content (AvgIpc) is 2.69. The molecule has 0 amide bonds. The smallest absolute Gasteiger partial charge is 0.189 e. The van der Waals surface area contributed by atoms with Gasteiger partial charge in [-0.2, -0.15) is 0 Å². The Morgan fingerprint density at radius 1 is 1.12 bits per heavy atom. The van der Waals surface area contributed by atoms with Crippen molar-refractivity contribution in [2.24, 2.45) is 5.41 Å². The lowest BCUT2D eigenvalue weighted by molar-refractivity contribution is 0.0594. The number of nitrogens with zero attached hydrogens (tertiary/aromatic N) is 6. The third-order valence-corrected chi connectivity index (χ3v) is 6.01. The molecular formula is C18H24N6OS. The lowest BCUT2D eigenvalue weighted by Gasteiger charge is -2.49. The normalized spacial score (nSPS) is 22.6. The first-order valence-electron chi connectivity index (χ1n) is 8.98. The summed E-state index contributed by atoms with van der Waals surface area (Å²) in [5, 5.41) is 11.3. The Morgan fingerprint density at radius 2 is 1.96 bits per heavy atom. The van der Waals surface area contributed by atoms with Gasteiger partial charge in [0.1, 0.15) is 11.6 Å². The molecule has 1 spiro atoms. The van der Waals surface area contributed by atoms with Gasteiger partial charge < -0.3 is 14.9 Å². The van der Waals surface area contributed by atoms with Gasteiger partial charge in [-0.15, -0.1) is 0 Å². The Morgan fingerprint density at radius 3 is 2.69 bits per heavy atom. The number of β-amino-alcohol motifs (C(OH)–C–C–N with tert-alkyl or cyclic N) is 1. The van der Waals surface area contributed by atoms with Crippen molar-refractivity contribution in [3.05, 3.63) is 30.9 Å². The highest BCUT2D eigenvalue weighted by atomic mass is 32.2. The van der Waals surface area contributed by atoms with Gasteiger partial charge in [-0.05, 0) is 37.0 Å². The van der Waals surface area contributed by atoms with E-state index in [1.807, 2.05) is 18.5 Å². The van der Waals surface area contributed by atoms with Gasteiger partial charge in [-0.25, -0.2) is 15.0 Å². The van der Waals surface area contributed by atoms with E-state index in [1.54, 1.807) is 30.4 Å². The molecule has 0 aromatic carbocycles. The van der Waals surface area contributed by atoms with E-state index in [0.29, 0.717) is 6.54 Å². The first-order chi connectivity index (χ1) is 12.7. The summed E-state index contributed by atoms with van der Waals surface area (Å²) < 4.78 is 0. The molecule has 4 rings (SSSR count). The fraction of sp³-hybridized carbons (Fsp3) is 0.556. The van der Waals surface area contributed by atoms with Gasteiger partial charge in [-0.1, -0.05) is 11.8 Å². The van der Waals surface area contributed by atoms with E-state index >= 15 is 0 Å². The minimum absolute atomic E-state index is 0.126. The third-order valence-electron chi connectivity index (χ3n) is 5.45. The monoisotopic (exact) mass is 372 g/mol. The van der Waals surface area contributed by atoms with Gasteiger partial charge >= 0.3 is 0 Å². The molecule has 138 valence electrons. The maximum atomic E-state index is 10.5. The number of aromatic nitrogens is 4. The van der Waals surface area contributed by atoms with Crippen LogP contribution in [0.25, 0.3) is 0 Å². The summed E-state index contributed by atoms with van der Waals surface area (Å²) in [7, 11) is 0. The number of hydrogen-bond donors (Lipinski definition) is 1. The predicted octanol–water partition coefficient (Wildman–Crippen LogP) is 1.85. The van der Waals surface area contributed by atoms with Gasteiger partial charge in [0.05, 0.1) is 12.3 Å². The first-order valence-corrected chi connectivity index (χ1v) is 10.2. The molecule has 2 aliphatic heterocycles. The molecule has 1 atom stereocenters. The second-order valence-corrected chi connectivity index (χ2v) is 7.96. The zero-order chi connectivity index (χ0) is 18.0. The van der Waals surface area contributed by atoms with Crippen molar-refractivity contribution in [3.63, 3.8) is 0 Å². The number of aliphatic hydroxyl groups is 1. The number of rotatable bonds is 3. The lowest BCUT2D eigenvalue weighted by Crippen LogP contribution is -2.54. The Bertz CT molecular complexity index is 737. The number of hydrogen-bond acceptors (Lipinski definition) is 8.